The molecule has 10 heteroatoms. The Labute approximate surface area is 249 Å². The van der Waals surface area contributed by atoms with Crippen molar-refractivity contribution in [3.05, 3.63) is 35.9 Å². The van der Waals surface area contributed by atoms with Crippen molar-refractivity contribution in [2.75, 3.05) is 13.1 Å². The van der Waals surface area contributed by atoms with E-state index in [4.69, 9.17) is 9.47 Å². The van der Waals surface area contributed by atoms with Gasteiger partial charge in [0.25, 0.3) is 0 Å². The summed E-state index contributed by atoms with van der Waals surface area (Å²) in [6, 6.07) is 8.11. The molecular weight excluding hydrogens is 540 g/mol. The smallest absolute Gasteiger partial charge is 0.411 e. The summed E-state index contributed by atoms with van der Waals surface area (Å²) >= 11 is 0. The van der Waals surface area contributed by atoms with Crippen LogP contribution in [0.25, 0.3) is 0 Å². The van der Waals surface area contributed by atoms with E-state index in [-0.39, 0.29) is 5.92 Å². The molecule has 2 N–H and O–H groups in total. The van der Waals surface area contributed by atoms with Crippen LogP contribution in [0.15, 0.2) is 30.3 Å². The number of carboxylic acid groups (broad SMARTS) is 2. The highest BCUT2D eigenvalue weighted by Gasteiger charge is 2.44. The standard InChI is InChI=1S/C16H27NO4.C16H21NO4/c2*1-16(2,3)21-15(20)17-10-12(9-13(17)14(18)19)11-7-5-4-6-8-11/h11-13H,4-10H2,1-3H3,(H,18,19);4-8,12-13H,9-10H2,1-3H3,(H,18,19)/t2*12?,13-/m00/s1. The second-order valence-electron chi connectivity index (χ2n) is 13.7. The summed E-state index contributed by atoms with van der Waals surface area (Å²) in [7, 11) is 0. The fraction of sp³-hybridized carbons (Fsp3) is 0.688. The average molecular weight is 589 g/mol. The molecule has 2 amide bonds. The molecule has 2 heterocycles. The monoisotopic (exact) mass is 588 g/mol. The SMILES string of the molecule is CC(C)(C)OC(=O)N1CC(C2CCCCC2)C[C@H]1C(=O)O.CC(C)(C)OC(=O)N1CC(c2ccccc2)C[C@H]1C(=O)O. The van der Waals surface area contributed by atoms with Gasteiger partial charge in [-0.15, -0.1) is 0 Å². The number of aliphatic carboxylic acids is 2. The maximum atomic E-state index is 12.2. The Morgan fingerprint density at radius 3 is 1.64 bits per heavy atom. The molecule has 1 aromatic carbocycles. The number of ether oxygens (including phenoxy) is 2. The predicted molar refractivity (Wildman–Crippen MR) is 157 cm³/mol. The Morgan fingerprint density at radius 2 is 1.17 bits per heavy atom. The summed E-state index contributed by atoms with van der Waals surface area (Å²) in [6.45, 7) is 11.6. The third-order valence-corrected chi connectivity index (χ3v) is 8.05. The number of hydrogen-bond acceptors (Lipinski definition) is 6. The maximum absolute atomic E-state index is 12.2. The number of hydrogen-bond donors (Lipinski definition) is 2. The number of likely N-dealkylation sites (tertiary alicyclic amines) is 2. The molecule has 2 saturated heterocycles. The molecular formula is C32H48N2O8. The lowest BCUT2D eigenvalue weighted by atomic mass is 9.79. The van der Waals surface area contributed by atoms with Crippen molar-refractivity contribution in [1.82, 2.24) is 9.80 Å². The highest BCUT2D eigenvalue weighted by atomic mass is 16.6. The summed E-state index contributed by atoms with van der Waals surface area (Å²) in [6.07, 6.45) is 6.00. The van der Waals surface area contributed by atoms with E-state index in [9.17, 15) is 29.4 Å². The zero-order valence-corrected chi connectivity index (χ0v) is 25.9. The minimum Gasteiger partial charge on any atom is -0.480 e. The number of rotatable bonds is 4. The van der Waals surface area contributed by atoms with Crippen LogP contribution in [-0.2, 0) is 19.1 Å². The molecule has 0 aromatic heterocycles. The lowest BCUT2D eigenvalue weighted by Crippen LogP contribution is -2.43. The number of carbonyl (C=O) groups excluding carboxylic acids is 2. The minimum atomic E-state index is -0.987. The van der Waals surface area contributed by atoms with Crippen LogP contribution in [0.3, 0.4) is 0 Å². The summed E-state index contributed by atoms with van der Waals surface area (Å²) in [4.78, 5) is 50.1. The van der Waals surface area contributed by atoms with Crippen molar-refractivity contribution in [3.8, 4) is 0 Å². The Morgan fingerprint density at radius 1 is 0.690 bits per heavy atom. The van der Waals surface area contributed by atoms with Gasteiger partial charge in [-0.05, 0) is 71.8 Å². The van der Waals surface area contributed by atoms with Gasteiger partial charge in [-0.25, -0.2) is 19.2 Å². The van der Waals surface area contributed by atoms with Crippen LogP contribution in [0.1, 0.15) is 98.0 Å². The van der Waals surface area contributed by atoms with Gasteiger partial charge in [-0.3, -0.25) is 9.80 Å². The van der Waals surface area contributed by atoms with Crippen LogP contribution in [0, 0.1) is 11.8 Å². The van der Waals surface area contributed by atoms with Gasteiger partial charge in [-0.1, -0.05) is 62.4 Å². The largest absolute Gasteiger partial charge is 0.480 e. The quantitative estimate of drug-likeness (QED) is 0.428. The molecule has 1 aromatic rings. The summed E-state index contributed by atoms with van der Waals surface area (Å²) in [5.74, 6) is -1.01. The van der Waals surface area contributed by atoms with Crippen LogP contribution >= 0.6 is 0 Å². The van der Waals surface area contributed by atoms with Crippen molar-refractivity contribution in [2.45, 2.75) is 116 Å². The van der Waals surface area contributed by atoms with Crippen LogP contribution < -0.4 is 0 Å². The molecule has 3 fully saturated rings. The molecule has 4 rings (SSSR count). The number of carbonyl (C=O) groups is 4. The van der Waals surface area contributed by atoms with E-state index in [2.05, 4.69) is 0 Å². The Hall–Kier alpha value is -3.30. The van der Waals surface area contributed by atoms with Crippen LogP contribution in [0.2, 0.25) is 0 Å². The Bertz CT molecular complexity index is 1090. The van der Waals surface area contributed by atoms with E-state index in [1.54, 1.807) is 41.5 Å². The lowest BCUT2D eigenvalue weighted by molar-refractivity contribution is -0.142. The van der Waals surface area contributed by atoms with Crippen LogP contribution in [0.4, 0.5) is 9.59 Å². The molecule has 1 aliphatic carbocycles. The Kier molecular flexibility index (Phi) is 10.9. The average Bonchev–Trinajstić information content (AvgIpc) is 3.55. The van der Waals surface area contributed by atoms with Crippen molar-refractivity contribution in [3.63, 3.8) is 0 Å². The van der Waals surface area contributed by atoms with E-state index in [0.717, 1.165) is 5.56 Å². The molecule has 3 aliphatic rings. The third-order valence-electron chi connectivity index (χ3n) is 8.05. The third kappa shape index (κ3) is 9.36. The van der Waals surface area contributed by atoms with E-state index < -0.39 is 47.4 Å². The highest BCUT2D eigenvalue weighted by Crippen LogP contribution is 2.38. The van der Waals surface area contributed by atoms with Gasteiger partial charge in [0.2, 0.25) is 0 Å². The fourth-order valence-corrected chi connectivity index (χ4v) is 6.13. The van der Waals surface area contributed by atoms with Gasteiger partial charge in [0.15, 0.2) is 0 Å². The summed E-state index contributed by atoms with van der Waals surface area (Å²) < 4.78 is 10.7. The first-order valence-corrected chi connectivity index (χ1v) is 15.1. The molecule has 42 heavy (non-hydrogen) atoms. The van der Waals surface area contributed by atoms with Crippen molar-refractivity contribution in [2.24, 2.45) is 11.8 Å². The number of benzene rings is 1. The van der Waals surface area contributed by atoms with E-state index >= 15 is 0 Å². The van der Waals surface area contributed by atoms with Gasteiger partial charge in [-0.2, -0.15) is 0 Å². The minimum absolute atomic E-state index is 0.0276. The summed E-state index contributed by atoms with van der Waals surface area (Å²) in [5, 5.41) is 18.7. The van der Waals surface area contributed by atoms with E-state index in [1.165, 1.54) is 41.9 Å². The predicted octanol–water partition coefficient (Wildman–Crippen LogP) is 6.14. The molecule has 10 nitrogen and oxygen atoms in total. The zero-order chi connectivity index (χ0) is 31.2. The molecule has 1 saturated carbocycles. The summed E-state index contributed by atoms with van der Waals surface area (Å²) in [5.41, 5.74) is -0.177. The molecule has 0 spiro atoms. The van der Waals surface area contributed by atoms with Crippen LogP contribution in [0.5, 0.6) is 0 Å². The zero-order valence-electron chi connectivity index (χ0n) is 25.9. The molecule has 0 bridgehead atoms. The van der Waals surface area contributed by atoms with Gasteiger partial charge in [0.05, 0.1) is 0 Å². The molecule has 0 radical (unpaired) electrons. The van der Waals surface area contributed by atoms with E-state index in [1.807, 2.05) is 30.3 Å². The first-order chi connectivity index (χ1) is 19.6. The first-order valence-electron chi connectivity index (χ1n) is 15.1. The number of carboxylic acids is 2. The highest BCUT2D eigenvalue weighted by molar-refractivity contribution is 5.81. The van der Waals surface area contributed by atoms with Crippen LogP contribution in [-0.4, -0.2) is 80.5 Å². The van der Waals surface area contributed by atoms with E-state index in [0.29, 0.717) is 37.8 Å². The first kappa shape index (κ1) is 33.2. The number of nitrogens with zero attached hydrogens (tertiary/aromatic N) is 2. The van der Waals surface area contributed by atoms with Gasteiger partial charge in [0.1, 0.15) is 23.3 Å². The van der Waals surface area contributed by atoms with Crippen molar-refractivity contribution < 1.29 is 38.9 Å². The normalized spacial score (nSPS) is 24.9. The topological polar surface area (TPSA) is 134 Å². The van der Waals surface area contributed by atoms with Gasteiger partial charge >= 0.3 is 24.1 Å². The van der Waals surface area contributed by atoms with Crippen molar-refractivity contribution in [1.29, 1.82) is 0 Å². The fourth-order valence-electron chi connectivity index (χ4n) is 6.13. The second kappa shape index (κ2) is 13.8. The maximum Gasteiger partial charge on any atom is 0.411 e. The van der Waals surface area contributed by atoms with Gasteiger partial charge < -0.3 is 19.7 Å². The van der Waals surface area contributed by atoms with Crippen molar-refractivity contribution >= 4 is 24.1 Å². The number of amides is 2. The lowest BCUT2D eigenvalue weighted by Gasteiger charge is -2.28. The second-order valence-corrected chi connectivity index (χ2v) is 13.7. The van der Waals surface area contributed by atoms with Gasteiger partial charge in [0, 0.05) is 19.0 Å². The molecule has 234 valence electrons. The molecule has 2 aliphatic heterocycles. The molecule has 4 atom stereocenters. The Balaban J connectivity index is 0.000000230. The molecule has 2 unspecified atom stereocenters.